The summed E-state index contributed by atoms with van der Waals surface area (Å²) in [6, 6.07) is 2.84. The van der Waals surface area contributed by atoms with Gasteiger partial charge in [-0.1, -0.05) is 23.2 Å². The lowest BCUT2D eigenvalue weighted by Crippen LogP contribution is -2.49. The molecule has 1 heterocycles. The van der Waals surface area contributed by atoms with Crippen LogP contribution in [0.2, 0.25) is 10.0 Å². The summed E-state index contributed by atoms with van der Waals surface area (Å²) in [7, 11) is 0. The lowest BCUT2D eigenvalue weighted by atomic mass is 9.85. The molecule has 1 amide bonds. The van der Waals surface area contributed by atoms with Crippen LogP contribution in [0.25, 0.3) is 0 Å². The number of carbonyl (C=O) groups is 1. The van der Waals surface area contributed by atoms with Crippen LogP contribution in [0.5, 0.6) is 0 Å². The zero-order valence-corrected chi connectivity index (χ0v) is 12.6. The molecule has 21 heavy (non-hydrogen) atoms. The van der Waals surface area contributed by atoms with Crippen molar-refractivity contribution >= 4 is 34.8 Å². The number of hydrogen-bond acceptors (Lipinski definition) is 2. The topological polar surface area (TPSA) is 41.1 Å². The highest BCUT2D eigenvalue weighted by atomic mass is 35.5. The highest BCUT2D eigenvalue weighted by molar-refractivity contribution is 6.36. The van der Waals surface area contributed by atoms with Crippen LogP contribution in [0.1, 0.15) is 12.0 Å². The monoisotopic (exact) mass is 340 g/mol. The van der Waals surface area contributed by atoms with Gasteiger partial charge in [0.05, 0.1) is 10.7 Å². The predicted molar refractivity (Wildman–Crippen MR) is 75.8 cm³/mol. The summed E-state index contributed by atoms with van der Waals surface area (Å²) in [5.74, 6) is -1.12. The Morgan fingerprint density at radius 3 is 2.52 bits per heavy atom. The number of anilines is 1. The number of rotatable bonds is 2. The molecule has 1 atom stereocenters. The molecule has 1 unspecified atom stereocenters. The fourth-order valence-electron chi connectivity index (χ4n) is 2.24. The van der Waals surface area contributed by atoms with Crippen LogP contribution in [0.3, 0.4) is 0 Å². The van der Waals surface area contributed by atoms with Gasteiger partial charge in [-0.2, -0.15) is 13.2 Å². The highest BCUT2D eigenvalue weighted by Crippen LogP contribution is 2.44. The molecule has 1 aliphatic heterocycles. The number of nitrogens with one attached hydrogen (secondary N) is 2. The summed E-state index contributed by atoms with van der Waals surface area (Å²) >= 11 is 11.9. The summed E-state index contributed by atoms with van der Waals surface area (Å²) in [6.07, 6.45) is -4.94. The van der Waals surface area contributed by atoms with Gasteiger partial charge in [0, 0.05) is 11.6 Å². The number of benzene rings is 1. The molecule has 1 aliphatic rings. The van der Waals surface area contributed by atoms with E-state index in [9.17, 15) is 18.0 Å². The van der Waals surface area contributed by atoms with E-state index in [1.54, 1.807) is 6.92 Å². The van der Waals surface area contributed by atoms with E-state index in [2.05, 4.69) is 10.6 Å². The molecule has 116 valence electrons. The number of hydrogen-bond donors (Lipinski definition) is 2. The molecule has 0 bridgehead atoms. The SMILES string of the molecule is Cc1cc(Cl)c(NC(=O)C2(C(F)(F)F)CCNC2)cc1Cl. The summed E-state index contributed by atoms with van der Waals surface area (Å²) in [5, 5.41) is 5.30. The van der Waals surface area contributed by atoms with E-state index >= 15 is 0 Å². The first kappa shape index (κ1) is 16.4. The van der Waals surface area contributed by atoms with E-state index < -0.39 is 24.0 Å². The van der Waals surface area contributed by atoms with Gasteiger partial charge in [0.25, 0.3) is 0 Å². The molecule has 1 fully saturated rings. The summed E-state index contributed by atoms with van der Waals surface area (Å²) in [6.45, 7) is 1.40. The zero-order valence-electron chi connectivity index (χ0n) is 11.1. The van der Waals surface area contributed by atoms with Crippen LogP contribution in [-0.2, 0) is 4.79 Å². The second kappa shape index (κ2) is 5.66. The molecule has 8 heteroatoms. The fraction of sp³-hybridized carbons (Fsp3) is 0.462. The Morgan fingerprint density at radius 2 is 2.00 bits per heavy atom. The second-order valence-corrected chi connectivity index (χ2v) is 5.86. The Kier molecular flexibility index (Phi) is 4.42. The third kappa shape index (κ3) is 2.98. The Labute approximate surface area is 129 Å². The minimum absolute atomic E-state index is 0.0767. The number of aryl methyl sites for hydroxylation is 1. The Morgan fingerprint density at radius 1 is 1.33 bits per heavy atom. The molecular weight excluding hydrogens is 328 g/mol. The van der Waals surface area contributed by atoms with Crippen molar-refractivity contribution in [2.75, 3.05) is 18.4 Å². The van der Waals surface area contributed by atoms with Crippen LogP contribution in [0.15, 0.2) is 12.1 Å². The van der Waals surface area contributed by atoms with Gasteiger partial charge in [-0.25, -0.2) is 0 Å². The number of carbonyl (C=O) groups excluding carboxylic acids is 1. The molecule has 1 aromatic carbocycles. The van der Waals surface area contributed by atoms with Gasteiger partial charge in [0.2, 0.25) is 5.91 Å². The Hall–Kier alpha value is -0.980. The van der Waals surface area contributed by atoms with Crippen LogP contribution < -0.4 is 10.6 Å². The van der Waals surface area contributed by atoms with E-state index in [4.69, 9.17) is 23.2 Å². The van der Waals surface area contributed by atoms with Crippen LogP contribution >= 0.6 is 23.2 Å². The van der Waals surface area contributed by atoms with Crippen molar-refractivity contribution in [2.24, 2.45) is 5.41 Å². The molecule has 0 radical (unpaired) electrons. The van der Waals surface area contributed by atoms with E-state index in [0.29, 0.717) is 10.6 Å². The van der Waals surface area contributed by atoms with Gasteiger partial charge in [0.15, 0.2) is 5.41 Å². The third-order valence-electron chi connectivity index (χ3n) is 3.63. The lowest BCUT2D eigenvalue weighted by Gasteiger charge is -2.29. The summed E-state index contributed by atoms with van der Waals surface area (Å²) < 4.78 is 39.8. The van der Waals surface area contributed by atoms with Crippen molar-refractivity contribution < 1.29 is 18.0 Å². The van der Waals surface area contributed by atoms with E-state index in [-0.39, 0.29) is 23.7 Å². The molecule has 1 saturated heterocycles. The smallest absolute Gasteiger partial charge is 0.324 e. The fourth-order valence-corrected chi connectivity index (χ4v) is 2.67. The van der Waals surface area contributed by atoms with Crippen LogP contribution in [-0.4, -0.2) is 25.2 Å². The van der Waals surface area contributed by atoms with Gasteiger partial charge in [-0.05, 0) is 37.6 Å². The maximum Gasteiger partial charge on any atom is 0.404 e. The number of amides is 1. The van der Waals surface area contributed by atoms with Crippen molar-refractivity contribution in [3.63, 3.8) is 0 Å². The minimum atomic E-state index is -4.64. The molecule has 2 N–H and O–H groups in total. The first-order valence-corrected chi connectivity index (χ1v) is 6.97. The molecule has 0 aliphatic carbocycles. The summed E-state index contributed by atoms with van der Waals surface area (Å²) in [5.41, 5.74) is -1.69. The van der Waals surface area contributed by atoms with Gasteiger partial charge in [-0.3, -0.25) is 4.79 Å². The number of halogens is 5. The molecule has 1 aromatic rings. The molecule has 0 spiro atoms. The third-order valence-corrected chi connectivity index (χ3v) is 4.35. The molecule has 3 nitrogen and oxygen atoms in total. The second-order valence-electron chi connectivity index (χ2n) is 5.04. The van der Waals surface area contributed by atoms with Crippen molar-refractivity contribution in [3.05, 3.63) is 27.7 Å². The molecule has 2 rings (SSSR count). The minimum Gasteiger partial charge on any atom is -0.324 e. The maximum absolute atomic E-state index is 13.3. The number of alkyl halides is 3. The van der Waals surface area contributed by atoms with Gasteiger partial charge in [0.1, 0.15) is 0 Å². The zero-order chi connectivity index (χ0) is 15.8. The quantitative estimate of drug-likeness (QED) is 0.860. The predicted octanol–water partition coefficient (Wildman–Crippen LogP) is 3.78. The van der Waals surface area contributed by atoms with Crippen molar-refractivity contribution in [1.29, 1.82) is 0 Å². The van der Waals surface area contributed by atoms with Crippen LogP contribution in [0, 0.1) is 12.3 Å². The summed E-state index contributed by atoms with van der Waals surface area (Å²) in [4.78, 5) is 12.2. The van der Waals surface area contributed by atoms with Crippen molar-refractivity contribution in [3.8, 4) is 0 Å². The largest absolute Gasteiger partial charge is 0.404 e. The first-order chi connectivity index (χ1) is 9.67. The normalized spacial score (nSPS) is 22.4. The van der Waals surface area contributed by atoms with E-state index in [1.807, 2.05) is 0 Å². The van der Waals surface area contributed by atoms with E-state index in [0.717, 1.165) is 0 Å². The van der Waals surface area contributed by atoms with Crippen LogP contribution in [0.4, 0.5) is 18.9 Å². The van der Waals surface area contributed by atoms with E-state index in [1.165, 1.54) is 12.1 Å². The van der Waals surface area contributed by atoms with Gasteiger partial charge >= 0.3 is 6.18 Å². The van der Waals surface area contributed by atoms with Gasteiger partial charge in [-0.15, -0.1) is 0 Å². The molecule has 0 saturated carbocycles. The molecule has 0 aromatic heterocycles. The van der Waals surface area contributed by atoms with Gasteiger partial charge < -0.3 is 10.6 Å². The van der Waals surface area contributed by atoms with Crippen molar-refractivity contribution in [1.82, 2.24) is 5.32 Å². The average molecular weight is 341 g/mol. The Balaban J connectivity index is 2.31. The standard InChI is InChI=1S/C13H13Cl2F3N2O/c1-7-4-9(15)10(5-8(7)14)20-11(21)12(13(16,17)18)2-3-19-6-12/h4-5,19H,2-3,6H2,1H3,(H,20,21). The average Bonchev–Trinajstić information content (AvgIpc) is 2.85. The first-order valence-electron chi connectivity index (χ1n) is 6.22. The van der Waals surface area contributed by atoms with Crippen molar-refractivity contribution in [2.45, 2.75) is 19.5 Å². The Bertz CT molecular complexity index is 569. The maximum atomic E-state index is 13.3. The molecular formula is C13H13Cl2F3N2O. The highest BCUT2D eigenvalue weighted by Gasteiger charge is 2.61. The lowest BCUT2D eigenvalue weighted by molar-refractivity contribution is -0.213.